The number of ether oxygens (including phenoxy) is 1. The summed E-state index contributed by atoms with van der Waals surface area (Å²) >= 11 is 0. The van der Waals surface area contributed by atoms with Crippen LogP contribution in [0, 0.1) is 13.8 Å². The van der Waals surface area contributed by atoms with Gasteiger partial charge in [-0.15, -0.1) is 0 Å². The zero-order valence-electron chi connectivity index (χ0n) is 14.7. The maximum absolute atomic E-state index is 12.3. The molecule has 2 nitrogen and oxygen atoms in total. The lowest BCUT2D eigenvalue weighted by Crippen LogP contribution is -2.05. The normalized spacial score (nSPS) is 11.8. The van der Waals surface area contributed by atoms with Crippen molar-refractivity contribution in [3.63, 3.8) is 0 Å². The summed E-state index contributed by atoms with van der Waals surface area (Å²) in [4.78, 5) is 12.3. The van der Waals surface area contributed by atoms with Gasteiger partial charge in [0.05, 0.1) is 12.7 Å². The molecule has 0 aliphatic heterocycles. The van der Waals surface area contributed by atoms with Crippen molar-refractivity contribution in [1.29, 1.82) is 0 Å². The third kappa shape index (κ3) is 2.37. The number of hydrogen-bond acceptors (Lipinski definition) is 2. The molecule has 3 aromatic rings. The number of aryl methyl sites for hydroxylation is 1. The van der Waals surface area contributed by atoms with Crippen molar-refractivity contribution < 1.29 is 9.53 Å². The molecule has 0 saturated carbocycles. The van der Waals surface area contributed by atoms with Crippen molar-refractivity contribution in [2.75, 3.05) is 7.11 Å². The van der Waals surface area contributed by atoms with Crippen molar-refractivity contribution in [2.45, 2.75) is 20.3 Å². The number of rotatable bonds is 2. The smallest absolute Gasteiger partial charge is 0.338 e. The highest BCUT2D eigenvalue weighted by Gasteiger charge is 2.26. The number of hydrogen-bond donors (Lipinski definition) is 0. The highest BCUT2D eigenvalue weighted by Crippen LogP contribution is 2.44. The molecule has 0 spiro atoms. The van der Waals surface area contributed by atoms with E-state index in [9.17, 15) is 4.79 Å². The minimum atomic E-state index is -0.291. The van der Waals surface area contributed by atoms with Gasteiger partial charge in [-0.25, -0.2) is 4.79 Å². The Bertz CT molecular complexity index is 999. The maximum atomic E-state index is 12.3. The molecule has 0 atom stereocenters. The summed E-state index contributed by atoms with van der Waals surface area (Å²) in [6.07, 6.45) is 0.900. The van der Waals surface area contributed by atoms with Crippen molar-refractivity contribution >= 4 is 5.97 Å². The van der Waals surface area contributed by atoms with Gasteiger partial charge in [0.25, 0.3) is 0 Å². The SMILES string of the molecule is COC(=O)c1ccccc1-c1c(C)c(C)cc2c1Cc1ccccc1-2. The average molecular weight is 328 g/mol. The first-order chi connectivity index (χ1) is 12.1. The van der Waals surface area contributed by atoms with Gasteiger partial charge in [0, 0.05) is 0 Å². The molecule has 0 fully saturated rings. The van der Waals surface area contributed by atoms with Crippen LogP contribution in [-0.2, 0) is 11.2 Å². The number of carbonyl (C=O) groups excluding carboxylic acids is 1. The second kappa shape index (κ2) is 5.89. The van der Waals surface area contributed by atoms with E-state index in [0.717, 1.165) is 12.0 Å². The maximum Gasteiger partial charge on any atom is 0.338 e. The Hall–Kier alpha value is -2.87. The molecule has 0 bridgehead atoms. The number of esters is 1. The fraction of sp³-hybridized carbons (Fsp3) is 0.174. The van der Waals surface area contributed by atoms with E-state index >= 15 is 0 Å². The molecule has 1 aliphatic carbocycles. The predicted octanol–water partition coefficient (Wildman–Crippen LogP) is 5.33. The van der Waals surface area contributed by atoms with E-state index < -0.39 is 0 Å². The van der Waals surface area contributed by atoms with Gasteiger partial charge in [-0.3, -0.25) is 0 Å². The summed E-state index contributed by atoms with van der Waals surface area (Å²) in [5.74, 6) is -0.291. The van der Waals surface area contributed by atoms with Gasteiger partial charge in [-0.1, -0.05) is 48.5 Å². The summed E-state index contributed by atoms with van der Waals surface area (Å²) < 4.78 is 5.01. The van der Waals surface area contributed by atoms with E-state index in [4.69, 9.17) is 4.74 Å². The lowest BCUT2D eigenvalue weighted by Gasteiger charge is -2.17. The van der Waals surface area contributed by atoms with Crippen LogP contribution in [0.15, 0.2) is 54.6 Å². The standard InChI is InChI=1S/C23H20O2/c1-14-12-20-17-9-5-4-8-16(17)13-21(20)22(15(14)2)18-10-6-7-11-19(18)23(24)25-3/h4-12H,13H2,1-3H3. The first-order valence-electron chi connectivity index (χ1n) is 8.51. The van der Waals surface area contributed by atoms with Crippen LogP contribution < -0.4 is 0 Å². The molecule has 4 rings (SSSR count). The molecular weight excluding hydrogens is 308 g/mol. The highest BCUT2D eigenvalue weighted by molar-refractivity contribution is 6.00. The van der Waals surface area contributed by atoms with Crippen LogP contribution in [0.25, 0.3) is 22.3 Å². The van der Waals surface area contributed by atoms with Crippen LogP contribution in [0.5, 0.6) is 0 Å². The molecule has 0 N–H and O–H groups in total. The van der Waals surface area contributed by atoms with Gasteiger partial charge in [0.15, 0.2) is 0 Å². The second-order valence-electron chi connectivity index (χ2n) is 6.59. The molecule has 0 unspecified atom stereocenters. The molecule has 3 aromatic carbocycles. The van der Waals surface area contributed by atoms with Crippen LogP contribution >= 0.6 is 0 Å². The van der Waals surface area contributed by atoms with E-state index in [1.165, 1.54) is 46.1 Å². The van der Waals surface area contributed by atoms with Crippen LogP contribution in [0.1, 0.15) is 32.6 Å². The van der Waals surface area contributed by atoms with E-state index in [1.807, 2.05) is 24.3 Å². The van der Waals surface area contributed by atoms with E-state index in [0.29, 0.717) is 5.56 Å². The summed E-state index contributed by atoms with van der Waals surface area (Å²) in [5.41, 5.74) is 10.5. The van der Waals surface area contributed by atoms with Crippen LogP contribution in [0.4, 0.5) is 0 Å². The van der Waals surface area contributed by atoms with Crippen LogP contribution in [0.3, 0.4) is 0 Å². The summed E-state index contributed by atoms with van der Waals surface area (Å²) in [6, 6.07) is 18.6. The van der Waals surface area contributed by atoms with Gasteiger partial charge in [0.1, 0.15) is 0 Å². The molecule has 0 amide bonds. The molecule has 0 radical (unpaired) electrons. The topological polar surface area (TPSA) is 26.3 Å². The molecule has 124 valence electrons. The second-order valence-corrected chi connectivity index (χ2v) is 6.59. The fourth-order valence-corrected chi connectivity index (χ4v) is 3.88. The molecule has 1 aliphatic rings. The lowest BCUT2D eigenvalue weighted by atomic mass is 9.87. The Balaban J connectivity index is 2.03. The largest absolute Gasteiger partial charge is 0.465 e. The number of carbonyl (C=O) groups is 1. The Morgan fingerprint density at radius 3 is 2.36 bits per heavy atom. The zero-order valence-corrected chi connectivity index (χ0v) is 14.7. The molecule has 25 heavy (non-hydrogen) atoms. The van der Waals surface area contributed by atoms with Gasteiger partial charge < -0.3 is 4.74 Å². The van der Waals surface area contributed by atoms with Crippen LogP contribution in [-0.4, -0.2) is 13.1 Å². The van der Waals surface area contributed by atoms with Crippen molar-refractivity contribution in [2.24, 2.45) is 0 Å². The summed E-state index contributed by atoms with van der Waals surface area (Å²) in [5, 5.41) is 0. The summed E-state index contributed by atoms with van der Waals surface area (Å²) in [7, 11) is 1.43. The van der Waals surface area contributed by atoms with Gasteiger partial charge >= 0.3 is 5.97 Å². The monoisotopic (exact) mass is 328 g/mol. The molecule has 0 heterocycles. The summed E-state index contributed by atoms with van der Waals surface area (Å²) in [6.45, 7) is 4.28. The molecule has 0 saturated heterocycles. The van der Waals surface area contributed by atoms with Gasteiger partial charge in [-0.2, -0.15) is 0 Å². The predicted molar refractivity (Wildman–Crippen MR) is 101 cm³/mol. The Labute approximate surface area is 148 Å². The van der Waals surface area contributed by atoms with Gasteiger partial charge in [-0.05, 0) is 70.8 Å². The van der Waals surface area contributed by atoms with Gasteiger partial charge in [0.2, 0.25) is 0 Å². The van der Waals surface area contributed by atoms with Crippen LogP contribution in [0.2, 0.25) is 0 Å². The first-order valence-corrected chi connectivity index (χ1v) is 8.51. The molecule has 0 aromatic heterocycles. The minimum absolute atomic E-state index is 0.291. The first kappa shape index (κ1) is 15.6. The fourth-order valence-electron chi connectivity index (χ4n) is 3.88. The Morgan fingerprint density at radius 2 is 1.60 bits per heavy atom. The van der Waals surface area contributed by atoms with Crippen molar-refractivity contribution in [1.82, 2.24) is 0 Å². The average Bonchev–Trinajstić information content (AvgIpc) is 3.00. The number of methoxy groups -OCH3 is 1. The number of benzene rings is 3. The molecular formula is C23H20O2. The van der Waals surface area contributed by atoms with Crippen molar-refractivity contribution in [3.05, 3.63) is 82.4 Å². The number of fused-ring (bicyclic) bond motifs is 3. The zero-order chi connectivity index (χ0) is 17.6. The highest BCUT2D eigenvalue weighted by atomic mass is 16.5. The third-order valence-electron chi connectivity index (χ3n) is 5.23. The van der Waals surface area contributed by atoms with E-state index in [1.54, 1.807) is 0 Å². The lowest BCUT2D eigenvalue weighted by molar-refractivity contribution is 0.0601. The Morgan fingerprint density at radius 1 is 0.920 bits per heavy atom. The van der Waals surface area contributed by atoms with E-state index in [-0.39, 0.29) is 5.97 Å². The third-order valence-corrected chi connectivity index (χ3v) is 5.23. The van der Waals surface area contributed by atoms with E-state index in [2.05, 4.69) is 44.2 Å². The van der Waals surface area contributed by atoms with Crippen molar-refractivity contribution in [3.8, 4) is 22.3 Å². The minimum Gasteiger partial charge on any atom is -0.465 e. The quantitative estimate of drug-likeness (QED) is 0.465. The Kier molecular flexibility index (Phi) is 3.69. The molecule has 2 heteroatoms.